The lowest BCUT2D eigenvalue weighted by Crippen LogP contribution is -2.38. The Bertz CT molecular complexity index is 587. The first-order valence-corrected chi connectivity index (χ1v) is 6.38. The van der Waals surface area contributed by atoms with Gasteiger partial charge in [-0.1, -0.05) is 0 Å². The molecule has 0 aromatic heterocycles. The minimum atomic E-state index is -1.36. The molecular formula is C13H17F2N3O4. The number of nitro benzene ring substituents is 1. The highest BCUT2D eigenvalue weighted by atomic mass is 19.2. The van der Waals surface area contributed by atoms with E-state index < -0.39 is 40.0 Å². The molecule has 0 saturated heterocycles. The molecular weight excluding hydrogens is 300 g/mol. The number of amides is 1. The van der Waals surface area contributed by atoms with Crippen LogP contribution in [-0.2, 0) is 4.74 Å². The van der Waals surface area contributed by atoms with Gasteiger partial charge in [0.15, 0.2) is 11.6 Å². The van der Waals surface area contributed by atoms with Gasteiger partial charge >= 0.3 is 6.09 Å². The van der Waals surface area contributed by atoms with Gasteiger partial charge < -0.3 is 15.8 Å². The number of rotatable bonds is 4. The normalized spacial score (nSPS) is 12.6. The van der Waals surface area contributed by atoms with Gasteiger partial charge in [-0.05, 0) is 26.8 Å². The summed E-state index contributed by atoms with van der Waals surface area (Å²) < 4.78 is 31.5. The second-order valence-electron chi connectivity index (χ2n) is 5.52. The first-order valence-electron chi connectivity index (χ1n) is 6.38. The lowest BCUT2D eigenvalue weighted by atomic mass is 10.0. The van der Waals surface area contributed by atoms with Crippen LogP contribution in [0.4, 0.5) is 19.3 Å². The molecule has 0 radical (unpaired) electrons. The molecule has 7 nitrogen and oxygen atoms in total. The van der Waals surface area contributed by atoms with Gasteiger partial charge in [-0.2, -0.15) is 0 Å². The van der Waals surface area contributed by atoms with Crippen molar-refractivity contribution in [3.05, 3.63) is 39.4 Å². The summed E-state index contributed by atoms with van der Waals surface area (Å²) in [5.41, 5.74) is 3.76. The van der Waals surface area contributed by atoms with E-state index in [1.54, 1.807) is 20.8 Å². The van der Waals surface area contributed by atoms with Crippen LogP contribution in [0.3, 0.4) is 0 Å². The molecule has 0 aliphatic rings. The minimum Gasteiger partial charge on any atom is -0.444 e. The van der Waals surface area contributed by atoms with E-state index in [4.69, 9.17) is 10.5 Å². The van der Waals surface area contributed by atoms with E-state index in [-0.39, 0.29) is 12.1 Å². The maximum Gasteiger partial charge on any atom is 0.408 e. The third-order valence-electron chi connectivity index (χ3n) is 2.57. The zero-order valence-corrected chi connectivity index (χ0v) is 12.4. The topological polar surface area (TPSA) is 107 Å². The number of nitrogens with zero attached hydrogens (tertiary/aromatic N) is 1. The highest BCUT2D eigenvalue weighted by Crippen LogP contribution is 2.27. The summed E-state index contributed by atoms with van der Waals surface area (Å²) in [4.78, 5) is 21.8. The Morgan fingerprint density at radius 3 is 2.41 bits per heavy atom. The van der Waals surface area contributed by atoms with E-state index in [1.165, 1.54) is 0 Å². The zero-order chi connectivity index (χ0) is 17.1. The monoisotopic (exact) mass is 317 g/mol. The fourth-order valence-electron chi connectivity index (χ4n) is 1.70. The number of halogens is 2. The van der Waals surface area contributed by atoms with Crippen LogP contribution < -0.4 is 11.1 Å². The SMILES string of the molecule is CC(C)(C)OC(=O)NC(CN)c1cc(F)c(F)cc1[N+](=O)[O-]. The Balaban J connectivity index is 3.12. The van der Waals surface area contributed by atoms with Crippen LogP contribution in [0, 0.1) is 21.7 Å². The number of carbonyl (C=O) groups excluding carboxylic acids is 1. The van der Waals surface area contributed by atoms with Crippen molar-refractivity contribution in [3.63, 3.8) is 0 Å². The van der Waals surface area contributed by atoms with Crippen LogP contribution in [-0.4, -0.2) is 23.2 Å². The van der Waals surface area contributed by atoms with E-state index in [2.05, 4.69) is 5.32 Å². The summed E-state index contributed by atoms with van der Waals surface area (Å²) in [5.74, 6) is -2.63. The van der Waals surface area contributed by atoms with Gasteiger partial charge in [0.05, 0.1) is 22.6 Å². The molecule has 0 saturated carbocycles. The fraction of sp³-hybridized carbons (Fsp3) is 0.462. The quantitative estimate of drug-likeness (QED) is 0.655. The van der Waals surface area contributed by atoms with Crippen molar-refractivity contribution in [2.75, 3.05) is 6.54 Å². The van der Waals surface area contributed by atoms with Crippen LogP contribution in [0.15, 0.2) is 12.1 Å². The number of benzene rings is 1. The highest BCUT2D eigenvalue weighted by Gasteiger charge is 2.27. The van der Waals surface area contributed by atoms with Crippen LogP contribution in [0.1, 0.15) is 32.4 Å². The Morgan fingerprint density at radius 2 is 1.95 bits per heavy atom. The third kappa shape index (κ3) is 4.62. The molecule has 0 bridgehead atoms. The number of hydrogen-bond acceptors (Lipinski definition) is 5. The van der Waals surface area contributed by atoms with Crippen LogP contribution in [0.5, 0.6) is 0 Å². The molecule has 0 fully saturated rings. The van der Waals surface area contributed by atoms with Crippen molar-refractivity contribution in [2.45, 2.75) is 32.4 Å². The van der Waals surface area contributed by atoms with E-state index in [0.29, 0.717) is 12.1 Å². The molecule has 1 unspecified atom stereocenters. The first kappa shape index (κ1) is 17.8. The van der Waals surface area contributed by atoms with Crippen molar-refractivity contribution in [1.29, 1.82) is 0 Å². The minimum absolute atomic E-state index is 0.239. The Labute approximate surface area is 125 Å². The number of nitrogens with two attached hydrogens (primary N) is 1. The zero-order valence-electron chi connectivity index (χ0n) is 12.4. The van der Waals surface area contributed by atoms with Gasteiger partial charge in [-0.25, -0.2) is 13.6 Å². The van der Waals surface area contributed by atoms with Gasteiger partial charge in [0.1, 0.15) is 5.60 Å². The number of nitrogens with one attached hydrogen (secondary N) is 1. The van der Waals surface area contributed by atoms with E-state index in [1.807, 2.05) is 0 Å². The average molecular weight is 317 g/mol. The third-order valence-corrected chi connectivity index (χ3v) is 2.57. The molecule has 1 atom stereocenters. The molecule has 22 heavy (non-hydrogen) atoms. The molecule has 0 aliphatic carbocycles. The Morgan fingerprint density at radius 1 is 1.41 bits per heavy atom. The van der Waals surface area contributed by atoms with Crippen molar-refractivity contribution in [3.8, 4) is 0 Å². The lowest BCUT2D eigenvalue weighted by Gasteiger charge is -2.23. The molecule has 1 amide bonds. The van der Waals surface area contributed by atoms with Gasteiger partial charge in [0.2, 0.25) is 0 Å². The summed E-state index contributed by atoms with van der Waals surface area (Å²) in [6.07, 6.45) is -0.873. The molecule has 1 aromatic rings. The van der Waals surface area contributed by atoms with E-state index >= 15 is 0 Å². The number of hydrogen-bond donors (Lipinski definition) is 2. The molecule has 0 heterocycles. The largest absolute Gasteiger partial charge is 0.444 e. The first-order chi connectivity index (χ1) is 10.0. The molecule has 1 rings (SSSR count). The standard InChI is InChI=1S/C13H17F2N3O4/c1-13(2,3)22-12(19)17-10(6-16)7-4-8(14)9(15)5-11(7)18(20)21/h4-5,10H,6,16H2,1-3H3,(H,17,19). The molecule has 3 N–H and O–H groups in total. The smallest absolute Gasteiger partial charge is 0.408 e. The van der Waals surface area contributed by atoms with Crippen LogP contribution >= 0.6 is 0 Å². The van der Waals surface area contributed by atoms with Crippen molar-refractivity contribution in [1.82, 2.24) is 5.32 Å². The number of carbonyl (C=O) groups is 1. The second kappa shape index (κ2) is 6.65. The fourth-order valence-corrected chi connectivity index (χ4v) is 1.70. The maximum atomic E-state index is 13.3. The molecule has 0 aliphatic heterocycles. The summed E-state index contributed by atoms with van der Waals surface area (Å²) in [6, 6.07) is -0.00253. The van der Waals surface area contributed by atoms with E-state index in [0.717, 1.165) is 0 Å². The predicted octanol–water partition coefficient (Wildman–Crippen LogP) is 2.40. The van der Waals surface area contributed by atoms with Crippen molar-refractivity contribution in [2.24, 2.45) is 5.73 Å². The summed E-state index contributed by atoms with van der Waals surface area (Å²) in [7, 11) is 0. The molecule has 9 heteroatoms. The lowest BCUT2D eigenvalue weighted by molar-refractivity contribution is -0.386. The van der Waals surface area contributed by atoms with Gasteiger partial charge in [-0.15, -0.1) is 0 Å². The summed E-state index contributed by atoms with van der Waals surface area (Å²) >= 11 is 0. The van der Waals surface area contributed by atoms with Crippen molar-refractivity contribution >= 4 is 11.8 Å². The molecule has 1 aromatic carbocycles. The predicted molar refractivity (Wildman–Crippen MR) is 74.2 cm³/mol. The van der Waals surface area contributed by atoms with Gasteiger partial charge in [0, 0.05) is 6.54 Å². The number of alkyl carbamates (subject to hydrolysis) is 1. The second-order valence-corrected chi connectivity index (χ2v) is 5.52. The van der Waals surface area contributed by atoms with Gasteiger partial charge in [0.25, 0.3) is 5.69 Å². The average Bonchev–Trinajstić information content (AvgIpc) is 2.36. The van der Waals surface area contributed by atoms with Gasteiger partial charge in [-0.3, -0.25) is 10.1 Å². The Kier molecular flexibility index (Phi) is 5.37. The Hall–Kier alpha value is -2.29. The summed E-state index contributed by atoms with van der Waals surface area (Å²) in [5, 5.41) is 13.3. The highest BCUT2D eigenvalue weighted by molar-refractivity contribution is 5.69. The maximum absolute atomic E-state index is 13.3. The van der Waals surface area contributed by atoms with E-state index in [9.17, 15) is 23.7 Å². The van der Waals surface area contributed by atoms with Crippen molar-refractivity contribution < 1.29 is 23.2 Å². The van der Waals surface area contributed by atoms with Crippen LogP contribution in [0.25, 0.3) is 0 Å². The summed E-state index contributed by atoms with van der Waals surface area (Å²) in [6.45, 7) is 4.63. The molecule has 122 valence electrons. The van der Waals surface area contributed by atoms with Crippen LogP contribution in [0.2, 0.25) is 0 Å². The number of ether oxygens (including phenoxy) is 1. The number of nitro groups is 1. The molecule has 0 spiro atoms.